The summed E-state index contributed by atoms with van der Waals surface area (Å²) in [6, 6.07) is 2.77. The van der Waals surface area contributed by atoms with Crippen molar-refractivity contribution in [1.29, 1.82) is 0 Å². The Morgan fingerprint density at radius 2 is 1.80 bits per heavy atom. The molecule has 4 N–H and O–H groups in total. The monoisotopic (exact) mass is 317 g/mol. The normalized spacial score (nSPS) is 10.3. The van der Waals surface area contributed by atoms with Crippen LogP contribution >= 0.6 is 23.2 Å². The average Bonchev–Trinajstić information content (AvgIpc) is 2.40. The Morgan fingerprint density at radius 1 is 1.15 bits per heavy atom. The minimum Gasteiger partial charge on any atom is -0.397 e. The minimum atomic E-state index is -0.286. The van der Waals surface area contributed by atoms with Crippen molar-refractivity contribution in [3.05, 3.63) is 22.2 Å². The SMILES string of the molecule is CCCCCCCNC(=O)Nc1cc(Cl)c(Cl)cc1N. The molecule has 0 unspecified atom stereocenters. The highest BCUT2D eigenvalue weighted by Gasteiger charge is 2.08. The molecule has 0 bridgehead atoms. The van der Waals surface area contributed by atoms with Crippen molar-refractivity contribution >= 4 is 40.6 Å². The fourth-order valence-electron chi connectivity index (χ4n) is 1.77. The van der Waals surface area contributed by atoms with E-state index in [9.17, 15) is 4.79 Å². The maximum atomic E-state index is 11.7. The molecule has 4 nitrogen and oxygen atoms in total. The largest absolute Gasteiger partial charge is 0.397 e. The first-order valence-corrected chi connectivity index (χ1v) is 7.59. The van der Waals surface area contributed by atoms with Gasteiger partial charge in [-0.2, -0.15) is 0 Å². The van der Waals surface area contributed by atoms with Gasteiger partial charge in [-0.15, -0.1) is 0 Å². The van der Waals surface area contributed by atoms with Crippen LogP contribution in [0.4, 0.5) is 16.2 Å². The standard InChI is InChI=1S/C14H21Cl2N3O/c1-2-3-4-5-6-7-18-14(20)19-13-9-11(16)10(15)8-12(13)17/h8-9H,2-7,17H2,1H3,(H2,18,19,20). The van der Waals surface area contributed by atoms with Crippen LogP contribution in [-0.2, 0) is 0 Å². The number of nitrogens with one attached hydrogen (secondary N) is 2. The molecule has 0 heterocycles. The minimum absolute atomic E-state index is 0.286. The van der Waals surface area contributed by atoms with Gasteiger partial charge in [0.1, 0.15) is 0 Å². The third-order valence-corrected chi connectivity index (χ3v) is 3.63. The molecule has 0 saturated carbocycles. The summed E-state index contributed by atoms with van der Waals surface area (Å²) in [6.45, 7) is 2.82. The van der Waals surface area contributed by atoms with Crippen molar-refractivity contribution in [3.8, 4) is 0 Å². The van der Waals surface area contributed by atoms with E-state index in [2.05, 4.69) is 17.6 Å². The zero-order chi connectivity index (χ0) is 15.0. The number of carbonyl (C=O) groups excluding carboxylic acids is 1. The summed E-state index contributed by atoms with van der Waals surface area (Å²) in [5.74, 6) is 0. The first-order chi connectivity index (χ1) is 9.54. The predicted molar refractivity (Wildman–Crippen MR) is 86.7 cm³/mol. The molecule has 0 radical (unpaired) electrons. The molecule has 0 aliphatic carbocycles. The molecule has 0 aromatic heterocycles. The van der Waals surface area contributed by atoms with Crippen LogP contribution < -0.4 is 16.4 Å². The molecule has 0 aliphatic rings. The van der Waals surface area contributed by atoms with E-state index in [0.29, 0.717) is 28.0 Å². The lowest BCUT2D eigenvalue weighted by atomic mass is 10.1. The van der Waals surface area contributed by atoms with Crippen molar-refractivity contribution in [2.24, 2.45) is 0 Å². The highest BCUT2D eigenvalue weighted by atomic mass is 35.5. The number of hydrogen-bond acceptors (Lipinski definition) is 2. The van der Waals surface area contributed by atoms with Crippen LogP contribution in [0.5, 0.6) is 0 Å². The summed E-state index contributed by atoms with van der Waals surface area (Å²) < 4.78 is 0. The van der Waals surface area contributed by atoms with E-state index in [-0.39, 0.29) is 6.03 Å². The summed E-state index contributed by atoms with van der Waals surface area (Å²) in [6.07, 6.45) is 5.77. The van der Waals surface area contributed by atoms with E-state index in [4.69, 9.17) is 28.9 Å². The predicted octanol–water partition coefficient (Wildman–Crippen LogP) is 4.67. The number of amides is 2. The fourth-order valence-corrected chi connectivity index (χ4v) is 2.10. The van der Waals surface area contributed by atoms with Gasteiger partial charge in [-0.3, -0.25) is 0 Å². The van der Waals surface area contributed by atoms with E-state index in [1.807, 2.05) is 0 Å². The Kier molecular flexibility index (Phi) is 7.55. The first-order valence-electron chi connectivity index (χ1n) is 6.84. The van der Waals surface area contributed by atoms with Crippen molar-refractivity contribution in [1.82, 2.24) is 5.32 Å². The summed E-state index contributed by atoms with van der Waals surface area (Å²) in [4.78, 5) is 11.7. The number of urea groups is 1. The molecule has 0 aliphatic heterocycles. The molecule has 1 aromatic carbocycles. The molecular formula is C14H21Cl2N3O. The van der Waals surface area contributed by atoms with Gasteiger partial charge in [0.25, 0.3) is 0 Å². The number of hydrogen-bond donors (Lipinski definition) is 3. The topological polar surface area (TPSA) is 67.2 Å². The molecule has 0 spiro atoms. The summed E-state index contributed by atoms with van der Waals surface area (Å²) >= 11 is 11.7. The molecule has 20 heavy (non-hydrogen) atoms. The van der Waals surface area contributed by atoms with Crippen LogP contribution in [0, 0.1) is 0 Å². The Bertz CT molecular complexity index is 452. The van der Waals surface area contributed by atoms with E-state index >= 15 is 0 Å². The number of carbonyl (C=O) groups is 1. The maximum absolute atomic E-state index is 11.7. The van der Waals surface area contributed by atoms with Crippen molar-refractivity contribution in [3.63, 3.8) is 0 Å². The summed E-state index contributed by atoms with van der Waals surface area (Å²) in [7, 11) is 0. The third kappa shape index (κ3) is 5.88. The van der Waals surface area contributed by atoms with Gasteiger partial charge in [0.2, 0.25) is 0 Å². The second kappa shape index (κ2) is 8.93. The maximum Gasteiger partial charge on any atom is 0.319 e. The second-order valence-corrected chi connectivity index (χ2v) is 5.46. The molecule has 0 saturated heterocycles. The van der Waals surface area contributed by atoms with E-state index < -0.39 is 0 Å². The van der Waals surface area contributed by atoms with Gasteiger partial charge < -0.3 is 16.4 Å². The number of benzene rings is 1. The molecule has 1 aromatic rings. The van der Waals surface area contributed by atoms with Crippen LogP contribution in [0.3, 0.4) is 0 Å². The van der Waals surface area contributed by atoms with Gasteiger partial charge in [0, 0.05) is 6.54 Å². The Balaban J connectivity index is 2.34. The zero-order valence-corrected chi connectivity index (χ0v) is 13.2. The van der Waals surface area contributed by atoms with Crippen molar-refractivity contribution < 1.29 is 4.79 Å². The van der Waals surface area contributed by atoms with Gasteiger partial charge in [-0.05, 0) is 18.6 Å². The Labute approximate surface area is 130 Å². The van der Waals surface area contributed by atoms with E-state index in [0.717, 1.165) is 12.8 Å². The number of nitrogens with two attached hydrogens (primary N) is 1. The lowest BCUT2D eigenvalue weighted by molar-refractivity contribution is 0.252. The number of rotatable bonds is 7. The highest BCUT2D eigenvalue weighted by molar-refractivity contribution is 6.42. The molecule has 0 fully saturated rings. The number of unbranched alkanes of at least 4 members (excludes halogenated alkanes) is 4. The lowest BCUT2D eigenvalue weighted by Crippen LogP contribution is -2.29. The van der Waals surface area contributed by atoms with Gasteiger partial charge in [-0.25, -0.2) is 4.79 Å². The zero-order valence-electron chi connectivity index (χ0n) is 11.6. The smallest absolute Gasteiger partial charge is 0.319 e. The Morgan fingerprint density at radius 3 is 2.50 bits per heavy atom. The van der Waals surface area contributed by atoms with Gasteiger partial charge >= 0.3 is 6.03 Å². The lowest BCUT2D eigenvalue weighted by Gasteiger charge is -2.10. The van der Waals surface area contributed by atoms with Crippen LogP contribution in [-0.4, -0.2) is 12.6 Å². The van der Waals surface area contributed by atoms with Crippen LogP contribution in [0.1, 0.15) is 39.0 Å². The number of anilines is 2. The van der Waals surface area contributed by atoms with E-state index in [1.54, 1.807) is 6.07 Å². The van der Waals surface area contributed by atoms with Gasteiger partial charge in [0.05, 0.1) is 21.4 Å². The molecule has 6 heteroatoms. The molecule has 2 amide bonds. The van der Waals surface area contributed by atoms with Crippen molar-refractivity contribution in [2.75, 3.05) is 17.6 Å². The summed E-state index contributed by atoms with van der Waals surface area (Å²) in [5, 5.41) is 6.17. The molecule has 0 atom stereocenters. The highest BCUT2D eigenvalue weighted by Crippen LogP contribution is 2.30. The fraction of sp³-hybridized carbons (Fsp3) is 0.500. The number of halogens is 2. The second-order valence-electron chi connectivity index (χ2n) is 4.65. The third-order valence-electron chi connectivity index (χ3n) is 2.91. The molecule has 112 valence electrons. The summed E-state index contributed by atoms with van der Waals surface area (Å²) in [5.41, 5.74) is 6.61. The molecule has 1 rings (SSSR count). The van der Waals surface area contributed by atoms with E-state index in [1.165, 1.54) is 25.3 Å². The van der Waals surface area contributed by atoms with Crippen LogP contribution in [0.2, 0.25) is 10.0 Å². The first kappa shape index (κ1) is 16.9. The van der Waals surface area contributed by atoms with Gasteiger partial charge in [0.15, 0.2) is 0 Å². The van der Waals surface area contributed by atoms with Gasteiger partial charge in [-0.1, -0.05) is 55.8 Å². The van der Waals surface area contributed by atoms with Crippen LogP contribution in [0.25, 0.3) is 0 Å². The Hall–Kier alpha value is -1.13. The quantitative estimate of drug-likeness (QED) is 0.505. The average molecular weight is 318 g/mol. The number of nitrogen functional groups attached to an aromatic ring is 1. The van der Waals surface area contributed by atoms with Crippen LogP contribution in [0.15, 0.2) is 12.1 Å². The van der Waals surface area contributed by atoms with Crippen molar-refractivity contribution in [2.45, 2.75) is 39.0 Å². The molecular weight excluding hydrogens is 297 g/mol.